The molecular weight excluding hydrogens is 452 g/mol. The Morgan fingerprint density at radius 1 is 0.941 bits per heavy atom. The maximum atomic E-state index is 13.4. The molecule has 3 aromatic carbocycles. The first-order chi connectivity index (χ1) is 16.5. The van der Waals surface area contributed by atoms with Gasteiger partial charge in [-0.05, 0) is 42.8 Å². The molecule has 0 spiro atoms. The summed E-state index contributed by atoms with van der Waals surface area (Å²) in [6.45, 7) is 2.36. The summed E-state index contributed by atoms with van der Waals surface area (Å²) in [4.78, 5) is 36.6. The van der Waals surface area contributed by atoms with E-state index in [1.54, 1.807) is 30.3 Å². The van der Waals surface area contributed by atoms with Crippen LogP contribution in [0.4, 0.5) is 11.4 Å². The highest BCUT2D eigenvalue weighted by Gasteiger charge is 2.23. The van der Waals surface area contributed by atoms with E-state index in [0.29, 0.717) is 23.7 Å². The molecule has 1 atom stereocenters. The van der Waals surface area contributed by atoms with Crippen molar-refractivity contribution in [3.8, 4) is 5.75 Å². The van der Waals surface area contributed by atoms with Gasteiger partial charge in [-0.25, -0.2) is 4.79 Å². The lowest BCUT2D eigenvalue weighted by Gasteiger charge is -2.19. The van der Waals surface area contributed by atoms with Gasteiger partial charge in [-0.1, -0.05) is 48.5 Å². The van der Waals surface area contributed by atoms with Crippen LogP contribution < -0.4 is 15.4 Å². The molecule has 3 N–H and O–H groups in total. The Hall–Kier alpha value is -4.04. The Morgan fingerprint density at radius 2 is 1.68 bits per heavy atom. The second kappa shape index (κ2) is 12.3. The molecule has 3 rings (SSSR count). The van der Waals surface area contributed by atoms with Crippen molar-refractivity contribution in [2.24, 2.45) is 0 Å². The van der Waals surface area contributed by atoms with Crippen molar-refractivity contribution in [1.29, 1.82) is 0 Å². The Balaban J connectivity index is 1.82. The molecule has 7 nitrogen and oxygen atoms in total. The number of hydrogen-bond acceptors (Lipinski definition) is 5. The molecule has 0 aliphatic carbocycles. The molecule has 8 heteroatoms. The Labute approximate surface area is 201 Å². The van der Waals surface area contributed by atoms with Crippen LogP contribution in [0.1, 0.15) is 17.7 Å². The molecule has 0 bridgehead atoms. The van der Waals surface area contributed by atoms with Crippen molar-refractivity contribution < 1.29 is 24.2 Å². The van der Waals surface area contributed by atoms with Crippen molar-refractivity contribution in [3.63, 3.8) is 0 Å². The number of carbonyl (C=O) groups is 3. The minimum absolute atomic E-state index is 0.220. The lowest BCUT2D eigenvalue weighted by atomic mass is 10.1. The molecule has 0 saturated heterocycles. The first-order valence-corrected chi connectivity index (χ1v) is 11.4. The van der Waals surface area contributed by atoms with Crippen molar-refractivity contribution in [3.05, 3.63) is 96.6 Å². The largest absolute Gasteiger partial charge is 0.492 e. The number of amides is 2. The zero-order chi connectivity index (χ0) is 24.3. The first-order valence-electron chi connectivity index (χ1n) is 10.5. The topological polar surface area (TPSA) is 105 Å². The van der Waals surface area contributed by atoms with Gasteiger partial charge in [0.15, 0.2) is 0 Å². The third-order valence-electron chi connectivity index (χ3n) is 4.52. The van der Waals surface area contributed by atoms with Crippen LogP contribution in [0.15, 0.2) is 95.9 Å². The fraction of sp³-hybridized carbons (Fsp3) is 0.115. The fourth-order valence-electron chi connectivity index (χ4n) is 3.06. The second-order valence-corrected chi connectivity index (χ2v) is 8.19. The van der Waals surface area contributed by atoms with Gasteiger partial charge in [0.2, 0.25) is 11.8 Å². The lowest BCUT2D eigenvalue weighted by Crippen LogP contribution is -2.19. The van der Waals surface area contributed by atoms with Gasteiger partial charge in [0.1, 0.15) is 11.0 Å². The normalized spacial score (nSPS) is 11.6. The molecule has 0 radical (unpaired) electrons. The molecular formula is C26H24N2O5S. The van der Waals surface area contributed by atoms with E-state index in [1.807, 2.05) is 55.5 Å². The third-order valence-corrected chi connectivity index (χ3v) is 5.77. The Kier molecular flexibility index (Phi) is 8.88. The van der Waals surface area contributed by atoms with Crippen molar-refractivity contribution in [2.45, 2.75) is 17.1 Å². The molecule has 2 amide bonds. The maximum Gasteiger partial charge on any atom is 0.328 e. The van der Waals surface area contributed by atoms with Gasteiger partial charge in [-0.15, -0.1) is 11.8 Å². The van der Waals surface area contributed by atoms with E-state index in [4.69, 9.17) is 9.84 Å². The highest BCUT2D eigenvalue weighted by molar-refractivity contribution is 8.00. The summed E-state index contributed by atoms with van der Waals surface area (Å²) in [6.07, 6.45) is 1.71. The molecule has 0 aliphatic rings. The van der Waals surface area contributed by atoms with Crippen LogP contribution in [0, 0.1) is 0 Å². The van der Waals surface area contributed by atoms with Crippen LogP contribution in [0.25, 0.3) is 0 Å². The summed E-state index contributed by atoms with van der Waals surface area (Å²) in [5, 5.41) is 13.7. The SMILES string of the molecule is CCOc1ccccc1NC(=O)C(Sc1cccc(NC(=O)/C=C/C(=O)O)c1)c1ccccc1. The molecule has 0 aliphatic heterocycles. The number of rotatable bonds is 10. The average molecular weight is 477 g/mol. The van der Waals surface area contributed by atoms with Crippen LogP contribution in [-0.4, -0.2) is 29.5 Å². The van der Waals surface area contributed by atoms with E-state index in [9.17, 15) is 14.4 Å². The summed E-state index contributed by atoms with van der Waals surface area (Å²) in [5.41, 5.74) is 1.89. The van der Waals surface area contributed by atoms with Gasteiger partial charge in [0.05, 0.1) is 12.3 Å². The van der Waals surface area contributed by atoms with Gasteiger partial charge in [-0.3, -0.25) is 9.59 Å². The number of ether oxygens (including phenoxy) is 1. The second-order valence-electron chi connectivity index (χ2n) is 7.02. The number of carboxylic acids is 1. The van der Waals surface area contributed by atoms with Crippen molar-refractivity contribution >= 4 is 40.9 Å². The van der Waals surface area contributed by atoms with E-state index in [1.165, 1.54) is 11.8 Å². The van der Waals surface area contributed by atoms with E-state index in [2.05, 4.69) is 10.6 Å². The lowest BCUT2D eigenvalue weighted by molar-refractivity contribution is -0.131. The van der Waals surface area contributed by atoms with Crippen LogP contribution >= 0.6 is 11.8 Å². The fourth-order valence-corrected chi connectivity index (χ4v) is 4.15. The average Bonchev–Trinajstić information content (AvgIpc) is 2.83. The zero-order valence-electron chi connectivity index (χ0n) is 18.4. The quantitative estimate of drug-likeness (QED) is 0.277. The number of nitrogens with one attached hydrogen (secondary N) is 2. The van der Waals surface area contributed by atoms with Crippen molar-refractivity contribution in [2.75, 3.05) is 17.2 Å². The summed E-state index contributed by atoms with van der Waals surface area (Å²) in [7, 11) is 0. The number of aliphatic carboxylic acids is 1. The smallest absolute Gasteiger partial charge is 0.328 e. The molecule has 1 unspecified atom stereocenters. The van der Waals surface area contributed by atoms with Gasteiger partial charge in [0.25, 0.3) is 0 Å². The van der Waals surface area contributed by atoms with Gasteiger partial charge in [-0.2, -0.15) is 0 Å². The monoisotopic (exact) mass is 476 g/mol. The van der Waals surface area contributed by atoms with Crippen molar-refractivity contribution in [1.82, 2.24) is 0 Å². The molecule has 174 valence electrons. The molecule has 0 aromatic heterocycles. The van der Waals surface area contributed by atoms with Gasteiger partial charge < -0.3 is 20.5 Å². The molecule has 3 aromatic rings. The zero-order valence-corrected chi connectivity index (χ0v) is 19.2. The van der Waals surface area contributed by atoms with E-state index in [-0.39, 0.29) is 5.91 Å². The molecule has 0 saturated carbocycles. The van der Waals surface area contributed by atoms with Crippen LogP contribution in [-0.2, 0) is 14.4 Å². The van der Waals surface area contributed by atoms with Gasteiger partial charge in [0, 0.05) is 22.7 Å². The predicted octanol–water partition coefficient (Wildman–Crippen LogP) is 5.14. The summed E-state index contributed by atoms with van der Waals surface area (Å²) < 4.78 is 5.62. The highest BCUT2D eigenvalue weighted by Crippen LogP contribution is 2.38. The van der Waals surface area contributed by atoms with Crippen LogP contribution in [0.5, 0.6) is 5.75 Å². The molecule has 0 heterocycles. The summed E-state index contributed by atoms with van der Waals surface area (Å²) in [5.74, 6) is -1.40. The standard InChI is InChI=1S/C26H24N2O5S/c1-2-33-22-14-7-6-13-21(22)28-26(32)25(18-9-4-3-5-10-18)34-20-12-8-11-19(17-20)27-23(29)15-16-24(30)31/h3-17,25H,2H2,1H3,(H,27,29)(H,28,32)(H,30,31)/b16-15+. The number of carboxylic acid groups (broad SMARTS) is 1. The number of para-hydroxylation sites is 2. The summed E-state index contributed by atoms with van der Waals surface area (Å²) >= 11 is 1.33. The first kappa shape index (κ1) is 24.6. The number of benzene rings is 3. The van der Waals surface area contributed by atoms with Crippen LogP contribution in [0.2, 0.25) is 0 Å². The van der Waals surface area contributed by atoms with E-state index < -0.39 is 17.1 Å². The summed E-state index contributed by atoms with van der Waals surface area (Å²) in [6, 6.07) is 23.7. The molecule has 34 heavy (non-hydrogen) atoms. The predicted molar refractivity (Wildman–Crippen MR) is 133 cm³/mol. The number of carbonyl (C=O) groups excluding carboxylic acids is 2. The van der Waals surface area contributed by atoms with E-state index >= 15 is 0 Å². The highest BCUT2D eigenvalue weighted by atomic mass is 32.2. The minimum atomic E-state index is -1.21. The van der Waals surface area contributed by atoms with E-state index in [0.717, 1.165) is 22.6 Å². The number of thioether (sulfide) groups is 1. The third kappa shape index (κ3) is 7.25. The Morgan fingerprint density at radius 3 is 2.41 bits per heavy atom. The maximum absolute atomic E-state index is 13.4. The number of hydrogen-bond donors (Lipinski definition) is 3. The number of anilines is 2. The Bertz CT molecular complexity index is 1180. The molecule has 0 fully saturated rings. The van der Waals surface area contributed by atoms with Crippen LogP contribution in [0.3, 0.4) is 0 Å². The minimum Gasteiger partial charge on any atom is -0.492 e. The van der Waals surface area contributed by atoms with Gasteiger partial charge >= 0.3 is 5.97 Å².